The first kappa shape index (κ1) is 22.0. The van der Waals surface area contributed by atoms with Gasteiger partial charge in [-0.15, -0.1) is 0 Å². The van der Waals surface area contributed by atoms with Gasteiger partial charge < -0.3 is 15.2 Å². The maximum absolute atomic E-state index is 14.5. The Morgan fingerprint density at radius 3 is 2.80 bits per heavy atom. The zero-order valence-electron chi connectivity index (χ0n) is 16.0. The van der Waals surface area contributed by atoms with Crippen LogP contribution >= 0.6 is 11.6 Å². The summed E-state index contributed by atoms with van der Waals surface area (Å²) in [5.74, 6) is -1.11. The number of carbonyl (C=O) groups excluding carboxylic acids is 1. The van der Waals surface area contributed by atoms with E-state index < -0.39 is 35.7 Å². The number of alkyl halides is 2. The summed E-state index contributed by atoms with van der Waals surface area (Å²) < 4.78 is 52.7. The third-order valence-electron chi connectivity index (χ3n) is 4.53. The fourth-order valence-corrected chi connectivity index (χ4v) is 3.42. The summed E-state index contributed by atoms with van der Waals surface area (Å²) in [6.07, 6.45) is -1.94. The molecule has 6 nitrogen and oxygen atoms in total. The van der Waals surface area contributed by atoms with Crippen molar-refractivity contribution in [2.24, 2.45) is 10.7 Å². The Hall–Kier alpha value is -2.65. The van der Waals surface area contributed by atoms with Crippen molar-refractivity contribution in [2.75, 3.05) is 19.8 Å². The normalized spacial score (nSPS) is 18.9. The molecule has 2 aromatic rings. The van der Waals surface area contributed by atoms with Gasteiger partial charge in [-0.25, -0.2) is 18.2 Å². The molecule has 0 fully saturated rings. The first-order valence-corrected chi connectivity index (χ1v) is 9.45. The molecule has 30 heavy (non-hydrogen) atoms. The molecule has 0 saturated heterocycles. The molecular formula is C20H19ClF3N3O3. The van der Waals surface area contributed by atoms with Crippen molar-refractivity contribution >= 4 is 23.2 Å². The fourth-order valence-electron chi connectivity index (χ4n) is 3.15. The third kappa shape index (κ3) is 4.41. The fraction of sp³-hybridized carbons (Fsp3) is 0.350. The highest BCUT2D eigenvalue weighted by atomic mass is 35.5. The predicted octanol–water partition coefficient (Wildman–Crippen LogP) is 3.55. The smallest absolute Gasteiger partial charge is 0.269 e. The number of benzene rings is 1. The molecule has 160 valence electrons. The lowest BCUT2D eigenvalue weighted by atomic mass is 9.88. The molecule has 1 aromatic heterocycles. The molecular weight excluding hydrogens is 423 g/mol. The summed E-state index contributed by atoms with van der Waals surface area (Å²) in [5.41, 5.74) is 3.18. The lowest BCUT2D eigenvalue weighted by Crippen LogP contribution is -2.45. The molecule has 2 N–H and O–H groups in total. The largest absolute Gasteiger partial charge is 0.492 e. The van der Waals surface area contributed by atoms with Crippen molar-refractivity contribution in [3.63, 3.8) is 0 Å². The minimum Gasteiger partial charge on any atom is -0.492 e. The van der Waals surface area contributed by atoms with Gasteiger partial charge in [-0.3, -0.25) is 9.79 Å². The van der Waals surface area contributed by atoms with Crippen LogP contribution in [0, 0.1) is 5.82 Å². The van der Waals surface area contributed by atoms with Gasteiger partial charge in [-0.05, 0) is 24.6 Å². The quantitative estimate of drug-likeness (QED) is 0.664. The molecule has 1 aliphatic rings. The molecule has 0 radical (unpaired) electrons. The second-order valence-corrected chi connectivity index (χ2v) is 7.08. The number of aromatic nitrogens is 1. The second-order valence-electron chi connectivity index (χ2n) is 6.67. The zero-order valence-corrected chi connectivity index (χ0v) is 16.8. The van der Waals surface area contributed by atoms with Gasteiger partial charge in [-0.2, -0.15) is 0 Å². The highest BCUT2D eigenvalue weighted by Crippen LogP contribution is 2.37. The number of aliphatic imine (C=N–C) groups is 1. The molecule has 2 heterocycles. The van der Waals surface area contributed by atoms with E-state index in [0.29, 0.717) is 17.9 Å². The zero-order chi connectivity index (χ0) is 21.9. The summed E-state index contributed by atoms with van der Waals surface area (Å²) >= 11 is 6.11. The number of hydrogen-bond donors (Lipinski definition) is 1. The van der Waals surface area contributed by atoms with E-state index in [4.69, 9.17) is 26.8 Å². The van der Waals surface area contributed by atoms with Crippen LogP contribution in [0.1, 0.15) is 28.5 Å². The highest BCUT2D eigenvalue weighted by molar-refractivity contribution is 6.33. The van der Waals surface area contributed by atoms with Gasteiger partial charge in [0.1, 0.15) is 29.7 Å². The average Bonchev–Trinajstić information content (AvgIpc) is 2.69. The minimum atomic E-state index is -3.07. The Bertz CT molecular complexity index is 987. The molecule has 10 heteroatoms. The van der Waals surface area contributed by atoms with Crippen molar-refractivity contribution < 1.29 is 27.4 Å². The number of pyridine rings is 1. The molecule has 0 amide bonds. The number of nitrogens with two attached hydrogens (primary N) is 1. The molecule has 0 bridgehead atoms. The number of nitrogens with zero attached hydrogens (tertiary/aromatic N) is 2. The summed E-state index contributed by atoms with van der Waals surface area (Å²) in [6.45, 7) is 1.55. The lowest BCUT2D eigenvalue weighted by Gasteiger charge is -2.33. The Morgan fingerprint density at radius 1 is 1.40 bits per heavy atom. The second kappa shape index (κ2) is 9.01. The lowest BCUT2D eigenvalue weighted by molar-refractivity contribution is -0.0146. The van der Waals surface area contributed by atoms with Gasteiger partial charge in [0.2, 0.25) is 0 Å². The summed E-state index contributed by atoms with van der Waals surface area (Å²) in [5, 5.41) is 0.0930. The molecule has 1 aromatic carbocycles. The van der Waals surface area contributed by atoms with Gasteiger partial charge in [0.25, 0.3) is 6.43 Å². The van der Waals surface area contributed by atoms with Crippen LogP contribution in [0.25, 0.3) is 0 Å². The van der Waals surface area contributed by atoms with E-state index in [9.17, 15) is 18.0 Å². The van der Waals surface area contributed by atoms with Gasteiger partial charge in [0, 0.05) is 18.1 Å². The van der Waals surface area contributed by atoms with Gasteiger partial charge >= 0.3 is 0 Å². The molecule has 1 aliphatic heterocycles. The van der Waals surface area contributed by atoms with Crippen molar-refractivity contribution in [1.29, 1.82) is 0 Å². The average molecular weight is 442 g/mol. The number of amidine groups is 1. The third-order valence-corrected chi connectivity index (χ3v) is 4.82. The van der Waals surface area contributed by atoms with Crippen LogP contribution in [0.3, 0.4) is 0 Å². The van der Waals surface area contributed by atoms with Crippen molar-refractivity contribution in [3.8, 4) is 5.75 Å². The molecule has 0 aliphatic carbocycles. The summed E-state index contributed by atoms with van der Waals surface area (Å²) in [4.78, 5) is 20.5. The van der Waals surface area contributed by atoms with E-state index in [-0.39, 0.29) is 29.6 Å². The van der Waals surface area contributed by atoms with Gasteiger partial charge in [0.15, 0.2) is 11.3 Å². The van der Waals surface area contributed by atoms with Gasteiger partial charge in [0.05, 0.1) is 24.4 Å². The maximum Gasteiger partial charge on any atom is 0.269 e. The molecule has 3 rings (SSSR count). The number of ketones is 1. The topological polar surface area (TPSA) is 86.8 Å². The predicted molar refractivity (Wildman–Crippen MR) is 105 cm³/mol. The summed E-state index contributed by atoms with van der Waals surface area (Å²) in [7, 11) is 0. The van der Waals surface area contributed by atoms with Gasteiger partial charge in [-0.1, -0.05) is 17.7 Å². The minimum absolute atomic E-state index is 0.00201. The number of hydrogen-bond acceptors (Lipinski definition) is 6. The van der Waals surface area contributed by atoms with E-state index in [1.165, 1.54) is 24.4 Å². The van der Waals surface area contributed by atoms with Crippen LogP contribution in [-0.2, 0) is 16.7 Å². The molecule has 0 spiro atoms. The van der Waals surface area contributed by atoms with Crippen LogP contribution in [0.15, 0.2) is 35.5 Å². The number of ether oxygens (including phenoxy) is 2. The van der Waals surface area contributed by atoms with Crippen LogP contribution in [0.2, 0.25) is 5.02 Å². The van der Waals surface area contributed by atoms with E-state index in [1.54, 1.807) is 6.92 Å². The summed E-state index contributed by atoms with van der Waals surface area (Å²) in [6, 6.07) is 4.97. The first-order valence-electron chi connectivity index (χ1n) is 9.07. The van der Waals surface area contributed by atoms with Crippen LogP contribution in [0.4, 0.5) is 13.2 Å². The number of rotatable bonds is 7. The Labute approximate surface area is 175 Å². The standard InChI is InChI=1S/C20H19ClF3N3O3/c1-2-30-12-7-14(21)18(26-8-12)16(28)6-11-3-4-15(22)13(5-11)20(19(23)24)10-29-9-17(25)27-20/h3-5,7-8,19H,2,6,9-10H2,1H3,(H2,25,27)/t20-/m0/s1. The van der Waals surface area contributed by atoms with E-state index in [2.05, 4.69) is 9.98 Å². The SMILES string of the molecule is CCOc1cnc(C(=O)Cc2ccc(F)c([C@]3(C(F)F)COCC(N)=N3)c2)c(Cl)c1. The van der Waals surface area contributed by atoms with Crippen LogP contribution < -0.4 is 10.5 Å². The van der Waals surface area contributed by atoms with Crippen molar-refractivity contribution in [1.82, 2.24) is 4.98 Å². The Morgan fingerprint density at radius 2 is 2.17 bits per heavy atom. The molecule has 1 atom stereocenters. The molecule has 0 saturated carbocycles. The van der Waals surface area contributed by atoms with Crippen LogP contribution in [-0.4, -0.2) is 42.8 Å². The monoisotopic (exact) mass is 441 g/mol. The van der Waals surface area contributed by atoms with Crippen molar-refractivity contribution in [3.05, 3.63) is 58.1 Å². The number of carbonyl (C=O) groups is 1. The van der Waals surface area contributed by atoms with Crippen molar-refractivity contribution in [2.45, 2.75) is 25.3 Å². The highest BCUT2D eigenvalue weighted by Gasteiger charge is 2.46. The Kier molecular flexibility index (Phi) is 6.62. The molecule has 0 unspecified atom stereocenters. The number of Topliss-reactive ketones (excluding diaryl/α,β-unsaturated/α-hetero) is 1. The first-order chi connectivity index (χ1) is 14.3. The van der Waals surface area contributed by atoms with E-state index >= 15 is 0 Å². The van der Waals surface area contributed by atoms with E-state index in [0.717, 1.165) is 6.07 Å². The Balaban J connectivity index is 1.92. The number of halogens is 4. The van der Waals surface area contributed by atoms with Crippen LogP contribution in [0.5, 0.6) is 5.75 Å². The van der Waals surface area contributed by atoms with E-state index in [1.807, 2.05) is 0 Å². The maximum atomic E-state index is 14.5.